The molecular weight excluding hydrogens is 238 g/mol. The van der Waals surface area contributed by atoms with E-state index in [-0.39, 0.29) is 11.7 Å². The Kier molecular flexibility index (Phi) is 3.85. The first-order valence-electron chi connectivity index (χ1n) is 6.19. The van der Waals surface area contributed by atoms with Gasteiger partial charge < -0.3 is 10.4 Å². The van der Waals surface area contributed by atoms with Gasteiger partial charge in [-0.1, -0.05) is 29.8 Å². The molecule has 0 aliphatic heterocycles. The van der Waals surface area contributed by atoms with Gasteiger partial charge in [-0.25, -0.2) is 0 Å². The summed E-state index contributed by atoms with van der Waals surface area (Å²) in [4.78, 5) is 11.9. The number of aryl methyl sites for hydroxylation is 2. The number of phenols is 1. The number of benzene rings is 2. The van der Waals surface area contributed by atoms with Gasteiger partial charge in [0.15, 0.2) is 0 Å². The van der Waals surface area contributed by atoms with Crippen LogP contribution in [-0.4, -0.2) is 11.0 Å². The average molecular weight is 255 g/mol. The second-order valence-electron chi connectivity index (χ2n) is 4.72. The van der Waals surface area contributed by atoms with Crippen LogP contribution >= 0.6 is 0 Å². The van der Waals surface area contributed by atoms with E-state index in [1.165, 1.54) is 0 Å². The highest BCUT2D eigenvalue weighted by Gasteiger charge is 2.05. The fraction of sp³-hybridized carbons (Fsp3) is 0.188. The quantitative estimate of drug-likeness (QED) is 0.827. The van der Waals surface area contributed by atoms with E-state index < -0.39 is 0 Å². The van der Waals surface area contributed by atoms with Crippen molar-refractivity contribution in [3.05, 3.63) is 59.2 Å². The molecule has 98 valence electrons. The van der Waals surface area contributed by atoms with Crippen LogP contribution in [0.4, 0.5) is 5.69 Å². The van der Waals surface area contributed by atoms with Crippen LogP contribution in [0, 0.1) is 13.8 Å². The minimum Gasteiger partial charge on any atom is -0.508 e. The highest BCUT2D eigenvalue weighted by Crippen LogP contribution is 2.20. The minimum absolute atomic E-state index is 0.0595. The molecule has 2 aromatic rings. The lowest BCUT2D eigenvalue weighted by atomic mass is 10.1. The van der Waals surface area contributed by atoms with E-state index in [1.807, 2.05) is 31.2 Å². The van der Waals surface area contributed by atoms with Crippen molar-refractivity contribution < 1.29 is 9.90 Å². The van der Waals surface area contributed by atoms with Crippen LogP contribution in [0.25, 0.3) is 0 Å². The van der Waals surface area contributed by atoms with E-state index in [4.69, 9.17) is 0 Å². The maximum Gasteiger partial charge on any atom is 0.228 e. The molecule has 1 amide bonds. The second kappa shape index (κ2) is 5.57. The molecule has 0 radical (unpaired) electrons. The zero-order valence-electron chi connectivity index (χ0n) is 11.1. The third-order valence-electron chi connectivity index (χ3n) is 2.93. The summed E-state index contributed by atoms with van der Waals surface area (Å²) in [5, 5.41) is 12.3. The summed E-state index contributed by atoms with van der Waals surface area (Å²) in [7, 11) is 0. The molecule has 0 spiro atoms. The van der Waals surface area contributed by atoms with Crippen LogP contribution in [0.2, 0.25) is 0 Å². The Morgan fingerprint density at radius 3 is 2.63 bits per heavy atom. The number of carbonyl (C=O) groups excluding carboxylic acids is 1. The Morgan fingerprint density at radius 2 is 1.95 bits per heavy atom. The molecule has 0 atom stereocenters. The molecule has 0 saturated carbocycles. The van der Waals surface area contributed by atoms with Crippen molar-refractivity contribution in [3.63, 3.8) is 0 Å². The molecule has 0 heterocycles. The van der Waals surface area contributed by atoms with Crippen molar-refractivity contribution in [1.29, 1.82) is 0 Å². The van der Waals surface area contributed by atoms with E-state index in [0.717, 1.165) is 16.7 Å². The Labute approximate surface area is 112 Å². The molecule has 0 fully saturated rings. The summed E-state index contributed by atoms with van der Waals surface area (Å²) in [6.07, 6.45) is 0.349. The summed E-state index contributed by atoms with van der Waals surface area (Å²) in [6.45, 7) is 3.80. The number of carbonyl (C=O) groups is 1. The summed E-state index contributed by atoms with van der Waals surface area (Å²) in [5.74, 6) is 0.173. The molecule has 2 rings (SSSR count). The fourth-order valence-electron chi connectivity index (χ4n) is 1.95. The third kappa shape index (κ3) is 3.58. The maximum atomic E-state index is 11.9. The summed E-state index contributed by atoms with van der Waals surface area (Å²) < 4.78 is 0. The van der Waals surface area contributed by atoms with Gasteiger partial charge in [-0.05, 0) is 43.2 Å². The molecule has 0 saturated heterocycles. The van der Waals surface area contributed by atoms with E-state index in [9.17, 15) is 9.90 Å². The number of hydrogen-bond acceptors (Lipinski definition) is 2. The van der Waals surface area contributed by atoms with Crippen molar-refractivity contribution in [2.45, 2.75) is 20.3 Å². The van der Waals surface area contributed by atoms with Crippen LogP contribution in [-0.2, 0) is 11.2 Å². The smallest absolute Gasteiger partial charge is 0.228 e. The molecule has 19 heavy (non-hydrogen) atoms. The van der Waals surface area contributed by atoms with Crippen LogP contribution in [0.3, 0.4) is 0 Å². The number of rotatable bonds is 3. The van der Waals surface area contributed by atoms with E-state index in [1.54, 1.807) is 25.1 Å². The van der Waals surface area contributed by atoms with Crippen molar-refractivity contribution >= 4 is 11.6 Å². The van der Waals surface area contributed by atoms with Crippen LogP contribution < -0.4 is 5.32 Å². The van der Waals surface area contributed by atoms with E-state index in [0.29, 0.717) is 12.1 Å². The number of anilines is 1. The number of phenolic OH excluding ortho intramolecular Hbond substituents is 1. The molecule has 0 unspecified atom stereocenters. The third-order valence-corrected chi connectivity index (χ3v) is 2.93. The predicted molar refractivity (Wildman–Crippen MR) is 76.4 cm³/mol. The van der Waals surface area contributed by atoms with Crippen LogP contribution in [0.5, 0.6) is 5.75 Å². The lowest BCUT2D eigenvalue weighted by Crippen LogP contribution is -2.14. The Morgan fingerprint density at radius 1 is 1.16 bits per heavy atom. The summed E-state index contributed by atoms with van der Waals surface area (Å²) in [6, 6.07) is 12.9. The lowest BCUT2D eigenvalue weighted by Gasteiger charge is -2.07. The zero-order valence-corrected chi connectivity index (χ0v) is 11.1. The molecule has 3 nitrogen and oxygen atoms in total. The first-order valence-corrected chi connectivity index (χ1v) is 6.19. The Bertz CT molecular complexity index is 605. The largest absolute Gasteiger partial charge is 0.508 e. The van der Waals surface area contributed by atoms with Gasteiger partial charge in [0, 0.05) is 5.69 Å². The van der Waals surface area contributed by atoms with Gasteiger partial charge in [0.25, 0.3) is 0 Å². The van der Waals surface area contributed by atoms with Gasteiger partial charge in [0.1, 0.15) is 5.75 Å². The molecule has 0 aliphatic carbocycles. The maximum absolute atomic E-state index is 11.9. The molecule has 2 N–H and O–H groups in total. The standard InChI is InChI=1S/C16H17NO2/c1-11-4-3-5-13(8-11)10-16(19)17-14-6-7-15(18)12(2)9-14/h3-9,18H,10H2,1-2H3,(H,17,19). The molecule has 0 aliphatic rings. The highest BCUT2D eigenvalue weighted by molar-refractivity contribution is 5.92. The van der Waals surface area contributed by atoms with Gasteiger partial charge in [0.05, 0.1) is 6.42 Å². The Hall–Kier alpha value is -2.29. The van der Waals surface area contributed by atoms with Gasteiger partial charge in [-0.2, -0.15) is 0 Å². The van der Waals surface area contributed by atoms with E-state index >= 15 is 0 Å². The average Bonchev–Trinajstić information content (AvgIpc) is 2.34. The normalized spacial score (nSPS) is 10.2. The molecule has 0 aromatic heterocycles. The number of aromatic hydroxyl groups is 1. The number of nitrogens with one attached hydrogen (secondary N) is 1. The fourth-order valence-corrected chi connectivity index (χ4v) is 1.95. The molecule has 3 heteroatoms. The predicted octanol–water partition coefficient (Wildman–Crippen LogP) is 3.19. The second-order valence-corrected chi connectivity index (χ2v) is 4.72. The first-order chi connectivity index (χ1) is 9.04. The van der Waals surface area contributed by atoms with Gasteiger partial charge in [-0.3, -0.25) is 4.79 Å². The molecular formula is C16H17NO2. The van der Waals surface area contributed by atoms with Crippen LogP contribution in [0.1, 0.15) is 16.7 Å². The van der Waals surface area contributed by atoms with Gasteiger partial charge >= 0.3 is 0 Å². The summed E-state index contributed by atoms with van der Waals surface area (Å²) in [5.41, 5.74) is 3.58. The van der Waals surface area contributed by atoms with Gasteiger partial charge in [-0.15, -0.1) is 0 Å². The monoisotopic (exact) mass is 255 g/mol. The van der Waals surface area contributed by atoms with Crippen molar-refractivity contribution in [1.82, 2.24) is 0 Å². The van der Waals surface area contributed by atoms with Crippen molar-refractivity contribution in [2.75, 3.05) is 5.32 Å². The molecule has 2 aromatic carbocycles. The topological polar surface area (TPSA) is 49.3 Å². The van der Waals surface area contributed by atoms with E-state index in [2.05, 4.69) is 5.32 Å². The first kappa shape index (κ1) is 13.1. The summed E-state index contributed by atoms with van der Waals surface area (Å²) >= 11 is 0. The zero-order chi connectivity index (χ0) is 13.8. The Balaban J connectivity index is 2.03. The van der Waals surface area contributed by atoms with Crippen molar-refractivity contribution in [3.8, 4) is 5.75 Å². The minimum atomic E-state index is -0.0595. The lowest BCUT2D eigenvalue weighted by molar-refractivity contribution is -0.115. The molecule has 0 bridgehead atoms. The van der Waals surface area contributed by atoms with Crippen molar-refractivity contribution in [2.24, 2.45) is 0 Å². The number of hydrogen-bond donors (Lipinski definition) is 2. The SMILES string of the molecule is Cc1cccc(CC(=O)Nc2ccc(O)c(C)c2)c1. The number of amides is 1. The highest BCUT2D eigenvalue weighted by atomic mass is 16.3. The van der Waals surface area contributed by atoms with Gasteiger partial charge in [0.2, 0.25) is 5.91 Å². The van der Waals surface area contributed by atoms with Crippen LogP contribution in [0.15, 0.2) is 42.5 Å².